The SMILES string of the molecule is CC(=O)/C=C(/C)O.C[Si]1(C)c2cc[c-]c3c2-c2c(cccc21)Oc1cccnc1-3.[Ir]. The summed E-state index contributed by atoms with van der Waals surface area (Å²) in [4.78, 5) is 14.6. The van der Waals surface area contributed by atoms with Gasteiger partial charge in [0.25, 0.3) is 0 Å². The zero-order chi connectivity index (χ0) is 20.8. The van der Waals surface area contributed by atoms with Crippen LogP contribution in [-0.4, -0.2) is 23.9 Å². The summed E-state index contributed by atoms with van der Waals surface area (Å²) >= 11 is 0. The van der Waals surface area contributed by atoms with Gasteiger partial charge >= 0.3 is 0 Å². The van der Waals surface area contributed by atoms with Crippen LogP contribution in [0.4, 0.5) is 0 Å². The molecule has 6 heteroatoms. The number of fused-ring (bicyclic) bond motifs is 2. The van der Waals surface area contributed by atoms with E-state index in [1.54, 1.807) is 0 Å². The minimum atomic E-state index is -1.68. The van der Waals surface area contributed by atoms with Crippen molar-refractivity contribution >= 4 is 24.2 Å². The van der Waals surface area contributed by atoms with Crippen molar-refractivity contribution in [3.05, 3.63) is 66.6 Å². The summed E-state index contributed by atoms with van der Waals surface area (Å²) in [5, 5.41) is 11.3. The number of hydrogen-bond donors (Lipinski definition) is 1. The zero-order valence-corrected chi connectivity index (χ0v) is 20.6. The Hall–Kier alpha value is -2.53. The quantitative estimate of drug-likeness (QED) is 0.153. The van der Waals surface area contributed by atoms with E-state index in [1.165, 1.54) is 41.4 Å². The molecule has 0 amide bonds. The molecule has 3 heterocycles. The van der Waals surface area contributed by atoms with Crippen LogP contribution in [0.1, 0.15) is 13.8 Å². The van der Waals surface area contributed by atoms with Crippen LogP contribution in [0.3, 0.4) is 0 Å². The van der Waals surface area contributed by atoms with E-state index < -0.39 is 8.07 Å². The van der Waals surface area contributed by atoms with Crippen molar-refractivity contribution in [3.63, 3.8) is 0 Å². The fourth-order valence-electron chi connectivity index (χ4n) is 4.08. The Bertz CT molecular complexity index is 1170. The second-order valence-electron chi connectivity index (χ2n) is 7.79. The van der Waals surface area contributed by atoms with Crippen LogP contribution in [-0.2, 0) is 24.9 Å². The number of aromatic nitrogens is 1. The van der Waals surface area contributed by atoms with Crippen LogP contribution in [0.15, 0.2) is 60.5 Å². The van der Waals surface area contributed by atoms with Crippen molar-refractivity contribution in [1.82, 2.24) is 4.98 Å². The van der Waals surface area contributed by atoms with Gasteiger partial charge in [0.2, 0.25) is 0 Å². The first kappa shape index (κ1) is 22.2. The van der Waals surface area contributed by atoms with Crippen LogP contribution < -0.4 is 15.1 Å². The van der Waals surface area contributed by atoms with Crippen molar-refractivity contribution in [1.29, 1.82) is 0 Å². The number of benzene rings is 2. The number of ether oxygens (including phenoxy) is 1. The smallest absolute Gasteiger partial charge is 0.155 e. The maximum Gasteiger partial charge on any atom is 0.155 e. The van der Waals surface area contributed by atoms with Crippen molar-refractivity contribution in [2.24, 2.45) is 0 Å². The number of hydrogen-bond acceptors (Lipinski definition) is 4. The third-order valence-corrected chi connectivity index (χ3v) is 8.79. The molecular weight excluding hydrogens is 571 g/mol. The minimum Gasteiger partial charge on any atom is -0.512 e. The number of rotatable bonds is 1. The van der Waals surface area contributed by atoms with E-state index in [-0.39, 0.29) is 31.6 Å². The molecule has 0 fully saturated rings. The predicted octanol–water partition coefficient (Wildman–Crippen LogP) is 4.49. The van der Waals surface area contributed by atoms with Gasteiger partial charge in [0, 0.05) is 38.1 Å². The summed E-state index contributed by atoms with van der Waals surface area (Å²) in [5.74, 6) is 1.70. The Kier molecular flexibility index (Phi) is 6.13. The molecule has 1 N–H and O–H groups in total. The molecule has 0 spiro atoms. The molecule has 0 saturated heterocycles. The van der Waals surface area contributed by atoms with Crippen LogP contribution >= 0.6 is 0 Å². The fourth-order valence-corrected chi connectivity index (χ4v) is 7.13. The van der Waals surface area contributed by atoms with Gasteiger partial charge in [-0.25, -0.2) is 0 Å². The summed E-state index contributed by atoms with van der Waals surface area (Å²) in [6, 6.07) is 18.0. The Morgan fingerprint density at radius 1 is 1.07 bits per heavy atom. The summed E-state index contributed by atoms with van der Waals surface area (Å²) in [6.07, 6.45) is 2.99. The van der Waals surface area contributed by atoms with Gasteiger partial charge < -0.3 is 14.8 Å². The van der Waals surface area contributed by atoms with Gasteiger partial charge in [0.05, 0.1) is 13.8 Å². The summed E-state index contributed by atoms with van der Waals surface area (Å²) in [7, 11) is -1.68. The Labute approximate surface area is 191 Å². The third-order valence-electron chi connectivity index (χ3n) is 5.26. The topological polar surface area (TPSA) is 59.4 Å². The molecule has 30 heavy (non-hydrogen) atoms. The van der Waals surface area contributed by atoms with Gasteiger partial charge in [-0.2, -0.15) is 0 Å². The van der Waals surface area contributed by atoms with E-state index in [1.807, 2.05) is 24.4 Å². The van der Waals surface area contributed by atoms with Crippen molar-refractivity contribution in [2.45, 2.75) is 26.9 Å². The van der Waals surface area contributed by atoms with E-state index in [0.29, 0.717) is 0 Å². The van der Waals surface area contributed by atoms with E-state index in [0.717, 1.165) is 22.8 Å². The average Bonchev–Trinajstić information content (AvgIpc) is 2.81. The largest absolute Gasteiger partial charge is 0.512 e. The van der Waals surface area contributed by atoms with E-state index in [9.17, 15) is 4.79 Å². The molecule has 2 aliphatic rings. The number of carbonyl (C=O) groups excluding carboxylic acids is 1. The molecule has 0 aliphatic carbocycles. The number of ketones is 1. The Morgan fingerprint density at radius 2 is 1.77 bits per heavy atom. The van der Waals surface area contributed by atoms with Crippen molar-refractivity contribution in [2.75, 3.05) is 0 Å². The number of allylic oxidation sites excluding steroid dienone is 2. The molecule has 0 saturated carbocycles. The molecule has 5 rings (SSSR count). The maximum atomic E-state index is 10.0. The van der Waals surface area contributed by atoms with E-state index in [4.69, 9.17) is 9.84 Å². The molecule has 0 unspecified atom stereocenters. The second kappa shape index (κ2) is 8.30. The van der Waals surface area contributed by atoms with Gasteiger partial charge in [-0.1, -0.05) is 36.0 Å². The number of carbonyl (C=O) groups is 1. The standard InChI is InChI=1S/C19H14NOSi.C5H8O2.Ir/c1-22(2)15-9-3-6-12-17(15)18-13(7-4-10-16(18)22)21-14-8-5-11-20-19(12)14;1-4(6)3-5(2)7;/h3-5,7-11H,1-2H3;3,6H,1-2H3;/q-1;;/b;4-3-;. The van der Waals surface area contributed by atoms with Gasteiger partial charge in [0.1, 0.15) is 11.5 Å². The van der Waals surface area contributed by atoms with Crippen LogP contribution in [0.5, 0.6) is 11.5 Å². The normalized spacial score (nSPS) is 14.1. The molecule has 1 aromatic heterocycles. The molecule has 1 radical (unpaired) electrons. The fraction of sp³-hybridized carbons (Fsp3) is 0.167. The number of aliphatic hydroxyl groups is 1. The first-order chi connectivity index (χ1) is 13.8. The zero-order valence-electron chi connectivity index (χ0n) is 17.2. The Balaban J connectivity index is 0.000000281. The van der Waals surface area contributed by atoms with Crippen molar-refractivity contribution in [3.8, 4) is 33.9 Å². The molecule has 4 nitrogen and oxygen atoms in total. The van der Waals surface area contributed by atoms with Crippen LogP contribution in [0.25, 0.3) is 22.4 Å². The van der Waals surface area contributed by atoms with Crippen LogP contribution in [0.2, 0.25) is 13.1 Å². The average molecular weight is 593 g/mol. The van der Waals surface area contributed by atoms with E-state index >= 15 is 0 Å². The molecular formula is C24H22IrNO3Si-. The van der Waals surface area contributed by atoms with Gasteiger partial charge in [-0.15, -0.1) is 28.9 Å². The second-order valence-corrected chi connectivity index (χ2v) is 12.1. The molecule has 2 aliphatic heterocycles. The molecule has 0 atom stereocenters. The molecule has 2 aromatic carbocycles. The first-order valence-electron chi connectivity index (χ1n) is 9.51. The Morgan fingerprint density at radius 3 is 2.43 bits per heavy atom. The van der Waals surface area contributed by atoms with E-state index in [2.05, 4.69) is 48.4 Å². The van der Waals surface area contributed by atoms with Gasteiger partial charge in [-0.3, -0.25) is 4.79 Å². The van der Waals surface area contributed by atoms with Crippen molar-refractivity contribution < 1.29 is 34.7 Å². The number of nitrogens with zero attached hydrogens (tertiary/aromatic N) is 1. The third kappa shape index (κ3) is 3.67. The van der Waals surface area contributed by atoms with Gasteiger partial charge in [-0.05, 0) is 37.6 Å². The van der Waals surface area contributed by atoms with Crippen LogP contribution in [0, 0.1) is 6.07 Å². The summed E-state index contributed by atoms with van der Waals surface area (Å²) in [6.45, 7) is 7.67. The molecule has 3 aromatic rings. The summed E-state index contributed by atoms with van der Waals surface area (Å²) in [5.41, 5.74) is 4.53. The molecule has 155 valence electrons. The first-order valence-corrected chi connectivity index (χ1v) is 12.5. The monoisotopic (exact) mass is 593 g/mol. The predicted molar refractivity (Wildman–Crippen MR) is 118 cm³/mol. The van der Waals surface area contributed by atoms with Gasteiger partial charge in [0.15, 0.2) is 5.78 Å². The maximum absolute atomic E-state index is 10.0. The number of aliphatic hydroxyl groups excluding tert-OH is 1. The minimum absolute atomic E-state index is 0. The molecule has 0 bridgehead atoms. The summed E-state index contributed by atoms with van der Waals surface area (Å²) < 4.78 is 6.23. The number of pyridine rings is 1.